The average molecular weight is 391 g/mol. The number of hydrogen-bond acceptors (Lipinski definition) is 5. The third-order valence-electron chi connectivity index (χ3n) is 5.16. The molecule has 0 aliphatic carbocycles. The molecular formula is C22H21N3O4. The van der Waals surface area contributed by atoms with Gasteiger partial charge in [0.1, 0.15) is 5.69 Å². The number of nitro benzene ring substituents is 1. The summed E-state index contributed by atoms with van der Waals surface area (Å²) in [4.78, 5) is 34.6. The monoisotopic (exact) mass is 391 g/mol. The number of amides is 1. The van der Waals surface area contributed by atoms with Gasteiger partial charge in [0, 0.05) is 11.6 Å². The van der Waals surface area contributed by atoms with E-state index < -0.39 is 10.8 Å². The summed E-state index contributed by atoms with van der Waals surface area (Å²) in [5.41, 5.74) is 1.81. The molecule has 1 N–H and O–H groups in total. The topological polar surface area (TPSA) is 102 Å². The molecule has 0 spiro atoms. The fraction of sp³-hybridized carbons (Fsp3) is 0.227. The Hall–Kier alpha value is -3.61. The molecule has 0 aromatic heterocycles. The summed E-state index contributed by atoms with van der Waals surface area (Å²) in [5.74, 6) is -0.489. The third-order valence-corrected chi connectivity index (χ3v) is 5.16. The van der Waals surface area contributed by atoms with Crippen molar-refractivity contribution >= 4 is 28.1 Å². The van der Waals surface area contributed by atoms with Crippen LogP contribution < -0.4 is 5.32 Å². The van der Waals surface area contributed by atoms with Gasteiger partial charge in [-0.3, -0.25) is 14.9 Å². The Kier molecular flexibility index (Phi) is 5.68. The summed E-state index contributed by atoms with van der Waals surface area (Å²) in [6.45, 7) is 5.38. The zero-order chi connectivity index (χ0) is 21.1. The van der Waals surface area contributed by atoms with E-state index >= 15 is 0 Å². The van der Waals surface area contributed by atoms with E-state index in [4.69, 9.17) is 0 Å². The van der Waals surface area contributed by atoms with E-state index in [1.54, 1.807) is 0 Å². The molecule has 0 aliphatic rings. The maximum Gasteiger partial charge on any atom is 0.275 e. The molecule has 3 aromatic carbocycles. The SMILES string of the molecule is CCC(NC(=O)c1cc(N=O)c(C)c([N+](=O)[O-])c1)c1c(C)ccc2ccccc12. The van der Waals surface area contributed by atoms with Gasteiger partial charge >= 0.3 is 0 Å². The summed E-state index contributed by atoms with van der Waals surface area (Å²) in [5, 5.41) is 19.2. The lowest BCUT2D eigenvalue weighted by molar-refractivity contribution is -0.385. The van der Waals surface area contributed by atoms with Crippen molar-refractivity contribution in [2.75, 3.05) is 0 Å². The molecule has 1 amide bonds. The molecule has 7 heteroatoms. The highest BCUT2D eigenvalue weighted by Crippen LogP contribution is 2.32. The fourth-order valence-corrected chi connectivity index (χ4v) is 3.59. The first kappa shape index (κ1) is 20.1. The van der Waals surface area contributed by atoms with Crippen LogP contribution in [0.15, 0.2) is 53.7 Å². The van der Waals surface area contributed by atoms with Crippen LogP contribution in [0.4, 0.5) is 11.4 Å². The normalized spacial score (nSPS) is 11.8. The van der Waals surface area contributed by atoms with Gasteiger partial charge in [-0.25, -0.2) is 0 Å². The molecule has 1 atom stereocenters. The summed E-state index contributed by atoms with van der Waals surface area (Å²) in [6, 6.07) is 14.2. The predicted octanol–water partition coefficient (Wildman–Crippen LogP) is 5.64. The number of nitrogens with one attached hydrogen (secondary N) is 1. The minimum absolute atomic E-state index is 0.0354. The lowest BCUT2D eigenvalue weighted by Crippen LogP contribution is -2.29. The van der Waals surface area contributed by atoms with Crippen LogP contribution in [0.1, 0.15) is 46.4 Å². The van der Waals surface area contributed by atoms with E-state index in [2.05, 4.69) is 10.5 Å². The van der Waals surface area contributed by atoms with Crippen molar-refractivity contribution in [2.24, 2.45) is 5.18 Å². The Morgan fingerprint density at radius 3 is 2.55 bits per heavy atom. The van der Waals surface area contributed by atoms with Crippen molar-refractivity contribution in [3.63, 3.8) is 0 Å². The molecular weight excluding hydrogens is 370 g/mol. The molecule has 1 unspecified atom stereocenters. The van der Waals surface area contributed by atoms with Gasteiger partial charge < -0.3 is 5.32 Å². The molecule has 0 saturated carbocycles. The molecule has 0 radical (unpaired) electrons. The van der Waals surface area contributed by atoms with E-state index in [-0.39, 0.29) is 28.5 Å². The van der Waals surface area contributed by atoms with Crippen LogP contribution in [0.2, 0.25) is 0 Å². The van der Waals surface area contributed by atoms with Crippen LogP contribution in [-0.2, 0) is 0 Å². The summed E-state index contributed by atoms with van der Waals surface area (Å²) in [7, 11) is 0. The zero-order valence-corrected chi connectivity index (χ0v) is 16.4. The number of nitrogens with zero attached hydrogens (tertiary/aromatic N) is 2. The van der Waals surface area contributed by atoms with Crippen molar-refractivity contribution in [3.8, 4) is 0 Å². The van der Waals surface area contributed by atoms with Gasteiger partial charge in [-0.15, -0.1) is 4.91 Å². The summed E-state index contributed by atoms with van der Waals surface area (Å²) in [6.07, 6.45) is 0.632. The Balaban J connectivity index is 2.02. The largest absolute Gasteiger partial charge is 0.345 e. The molecule has 0 aliphatic heterocycles. The van der Waals surface area contributed by atoms with E-state index in [0.29, 0.717) is 6.42 Å². The van der Waals surface area contributed by atoms with Crippen LogP contribution in [0, 0.1) is 28.9 Å². The Labute approximate surface area is 167 Å². The van der Waals surface area contributed by atoms with Gasteiger partial charge in [0.15, 0.2) is 0 Å². The van der Waals surface area contributed by atoms with Crippen LogP contribution in [0.5, 0.6) is 0 Å². The van der Waals surface area contributed by atoms with Crippen LogP contribution in [0.25, 0.3) is 10.8 Å². The number of aryl methyl sites for hydroxylation is 1. The quantitative estimate of drug-likeness (QED) is 0.333. The molecule has 3 rings (SSSR count). The number of benzene rings is 3. The van der Waals surface area contributed by atoms with Crippen LogP contribution in [-0.4, -0.2) is 10.8 Å². The average Bonchev–Trinajstić information content (AvgIpc) is 2.72. The highest BCUT2D eigenvalue weighted by molar-refractivity contribution is 5.97. The molecule has 7 nitrogen and oxygen atoms in total. The van der Waals surface area contributed by atoms with Crippen molar-refractivity contribution in [3.05, 3.63) is 85.8 Å². The number of carbonyl (C=O) groups excluding carboxylic acids is 1. The minimum Gasteiger partial charge on any atom is -0.345 e. The Morgan fingerprint density at radius 2 is 1.90 bits per heavy atom. The van der Waals surface area contributed by atoms with Gasteiger partial charge in [-0.2, -0.15) is 0 Å². The highest BCUT2D eigenvalue weighted by Gasteiger charge is 2.23. The Morgan fingerprint density at radius 1 is 1.17 bits per heavy atom. The maximum atomic E-state index is 12.9. The molecule has 3 aromatic rings. The number of fused-ring (bicyclic) bond motifs is 1. The van der Waals surface area contributed by atoms with Gasteiger partial charge in [-0.05, 0) is 53.4 Å². The molecule has 0 heterocycles. The molecule has 148 valence electrons. The fourth-order valence-electron chi connectivity index (χ4n) is 3.59. The van der Waals surface area contributed by atoms with E-state index in [0.717, 1.165) is 21.9 Å². The lowest BCUT2D eigenvalue weighted by atomic mass is 9.92. The summed E-state index contributed by atoms with van der Waals surface area (Å²) >= 11 is 0. The number of rotatable bonds is 6. The first-order valence-electron chi connectivity index (χ1n) is 9.28. The predicted molar refractivity (Wildman–Crippen MR) is 112 cm³/mol. The van der Waals surface area contributed by atoms with Gasteiger partial charge in [-0.1, -0.05) is 43.3 Å². The van der Waals surface area contributed by atoms with Crippen molar-refractivity contribution in [1.29, 1.82) is 0 Å². The zero-order valence-electron chi connectivity index (χ0n) is 16.4. The number of carbonyl (C=O) groups is 1. The number of nitro groups is 1. The van der Waals surface area contributed by atoms with Crippen molar-refractivity contribution in [2.45, 2.75) is 33.2 Å². The summed E-state index contributed by atoms with van der Waals surface area (Å²) < 4.78 is 0. The van der Waals surface area contributed by atoms with Gasteiger partial charge in [0.2, 0.25) is 0 Å². The van der Waals surface area contributed by atoms with Crippen molar-refractivity contribution in [1.82, 2.24) is 5.32 Å². The first-order chi connectivity index (χ1) is 13.9. The smallest absolute Gasteiger partial charge is 0.275 e. The molecule has 29 heavy (non-hydrogen) atoms. The molecule has 0 saturated heterocycles. The van der Waals surface area contributed by atoms with Crippen LogP contribution in [0.3, 0.4) is 0 Å². The van der Waals surface area contributed by atoms with Gasteiger partial charge in [0.25, 0.3) is 11.6 Å². The standard InChI is InChI=1S/C22H21N3O4/c1-4-18(21-13(2)9-10-15-7-5-6-8-17(15)21)23-22(26)16-11-19(24-27)14(3)20(12-16)25(28)29/h5-12,18H,4H2,1-3H3,(H,23,26). The number of hydrogen-bond donors (Lipinski definition) is 1. The Bertz CT molecular complexity index is 1120. The van der Waals surface area contributed by atoms with Crippen molar-refractivity contribution < 1.29 is 9.72 Å². The number of nitroso groups, excluding NO2 is 1. The third kappa shape index (κ3) is 3.85. The molecule has 0 bridgehead atoms. The second kappa shape index (κ2) is 8.18. The minimum atomic E-state index is -0.618. The maximum absolute atomic E-state index is 12.9. The second-order valence-corrected chi connectivity index (χ2v) is 6.94. The molecule has 0 fully saturated rings. The van der Waals surface area contributed by atoms with E-state index in [9.17, 15) is 19.8 Å². The van der Waals surface area contributed by atoms with Crippen LogP contribution >= 0.6 is 0 Å². The highest BCUT2D eigenvalue weighted by atomic mass is 16.6. The lowest BCUT2D eigenvalue weighted by Gasteiger charge is -2.22. The van der Waals surface area contributed by atoms with E-state index in [1.165, 1.54) is 19.1 Å². The van der Waals surface area contributed by atoms with E-state index in [1.807, 2.05) is 50.2 Å². The second-order valence-electron chi connectivity index (χ2n) is 6.94. The van der Waals surface area contributed by atoms with Gasteiger partial charge in [0.05, 0.1) is 16.5 Å². The first-order valence-corrected chi connectivity index (χ1v) is 9.28.